The largest absolute Gasteiger partial charge is 0.378 e. The highest BCUT2D eigenvalue weighted by Gasteiger charge is 2.29. The molecule has 14 nitrogen and oxygen atoms in total. The number of hydrogen-bond donors (Lipinski definition) is 4. The lowest BCUT2D eigenvalue weighted by atomic mass is 10.0. The van der Waals surface area contributed by atoms with E-state index in [1.165, 1.54) is 16.5 Å². The second-order valence-corrected chi connectivity index (χ2v) is 12.9. The number of nitrogens with one attached hydrogen (secondary N) is 4. The van der Waals surface area contributed by atoms with E-state index in [0.717, 1.165) is 11.3 Å². The molecular weight excluding hydrogens is 626 g/mol. The zero-order chi connectivity index (χ0) is 35.7. The van der Waals surface area contributed by atoms with Crippen LogP contribution < -0.4 is 26.2 Å². The van der Waals surface area contributed by atoms with Crippen molar-refractivity contribution in [3.05, 3.63) is 66.0 Å². The van der Waals surface area contributed by atoms with Crippen LogP contribution in [0, 0.1) is 5.92 Å². The second kappa shape index (κ2) is 16.7. The molecule has 0 fully saturated rings. The van der Waals surface area contributed by atoms with Crippen LogP contribution in [0.5, 0.6) is 0 Å². The van der Waals surface area contributed by atoms with Crippen molar-refractivity contribution >= 4 is 35.2 Å². The number of benzene rings is 2. The van der Waals surface area contributed by atoms with Gasteiger partial charge in [-0.15, -0.1) is 0 Å². The minimum absolute atomic E-state index is 0.0560. The third-order valence-corrected chi connectivity index (χ3v) is 8.04. The van der Waals surface area contributed by atoms with Crippen molar-refractivity contribution in [3.8, 4) is 11.4 Å². The van der Waals surface area contributed by atoms with Gasteiger partial charge >= 0.3 is 0 Å². The summed E-state index contributed by atoms with van der Waals surface area (Å²) < 4.78 is 1.46. The summed E-state index contributed by atoms with van der Waals surface area (Å²) in [4.78, 5) is 74.8. The van der Waals surface area contributed by atoms with E-state index in [2.05, 4.69) is 31.3 Å². The van der Waals surface area contributed by atoms with Crippen molar-refractivity contribution in [1.82, 2.24) is 40.9 Å². The van der Waals surface area contributed by atoms with Crippen molar-refractivity contribution in [1.29, 1.82) is 0 Å². The lowest BCUT2D eigenvalue weighted by Crippen LogP contribution is -2.54. The van der Waals surface area contributed by atoms with Gasteiger partial charge in [-0.25, -0.2) is 9.67 Å². The average Bonchev–Trinajstić information content (AvgIpc) is 3.48. The summed E-state index contributed by atoms with van der Waals surface area (Å²) in [6.45, 7) is 7.05. The third kappa shape index (κ3) is 10.1. The third-order valence-electron chi connectivity index (χ3n) is 8.04. The molecule has 14 heteroatoms. The molecule has 4 rings (SSSR count). The highest BCUT2D eigenvalue weighted by atomic mass is 16.2. The van der Waals surface area contributed by atoms with Crippen LogP contribution >= 0.6 is 0 Å². The summed E-state index contributed by atoms with van der Waals surface area (Å²) in [7, 11) is 3.73. The minimum Gasteiger partial charge on any atom is -0.378 e. The lowest BCUT2D eigenvalue weighted by Gasteiger charge is -2.25. The Hall–Kier alpha value is -5.27. The molecule has 4 N–H and O–H groups in total. The smallest absolute Gasteiger partial charge is 0.254 e. The quantitative estimate of drug-likeness (QED) is 0.318. The van der Waals surface area contributed by atoms with Gasteiger partial charge in [0.1, 0.15) is 24.5 Å². The molecule has 1 aromatic heterocycles. The van der Waals surface area contributed by atoms with Crippen LogP contribution in [0.1, 0.15) is 62.8 Å². The van der Waals surface area contributed by atoms with E-state index in [1.54, 1.807) is 25.1 Å². The minimum atomic E-state index is -0.987. The maximum atomic E-state index is 13.7. The van der Waals surface area contributed by atoms with Gasteiger partial charge in [-0.05, 0) is 50.8 Å². The lowest BCUT2D eigenvalue weighted by molar-refractivity contribution is -0.132. The molecule has 2 aromatic carbocycles. The Morgan fingerprint density at radius 3 is 2.33 bits per heavy atom. The standard InChI is InChI=1S/C35H47N9O5/c1-22(2)18-28-34(48)38-23(3)32-40-31(25-12-8-7-9-13-25)41-44(32)21-29(45)36-16-11-17-43(20-30(46)37-24(4)33(47)39-28)35(49)26-14-10-15-27(19-26)42(5)6/h7-10,12-15,19,22-24,28H,11,16-18,20-21H2,1-6H3,(H,36,45)(H,37,46)(H,38,48)(H,39,47)/t23-,24+,28+/m0/s1. The molecular formula is C35H47N9O5. The number of aromatic nitrogens is 3. The Bertz CT molecular complexity index is 1640. The number of nitrogens with zero attached hydrogens (tertiary/aromatic N) is 5. The molecule has 2 heterocycles. The Morgan fingerprint density at radius 2 is 1.63 bits per heavy atom. The van der Waals surface area contributed by atoms with E-state index < -0.39 is 35.8 Å². The Labute approximate surface area is 287 Å². The molecule has 0 aliphatic carbocycles. The van der Waals surface area contributed by atoms with Gasteiger partial charge in [-0.3, -0.25) is 24.0 Å². The van der Waals surface area contributed by atoms with Crippen molar-refractivity contribution in [2.45, 2.75) is 65.2 Å². The summed E-state index contributed by atoms with van der Waals surface area (Å²) in [6, 6.07) is 13.8. The van der Waals surface area contributed by atoms with E-state index in [1.807, 2.05) is 69.2 Å². The average molecular weight is 674 g/mol. The monoisotopic (exact) mass is 673 g/mol. The summed E-state index contributed by atoms with van der Waals surface area (Å²) in [5.74, 6) is -1.40. The number of rotatable bonds is 5. The van der Waals surface area contributed by atoms with E-state index >= 15 is 0 Å². The van der Waals surface area contributed by atoms with Crippen LogP contribution in [0.25, 0.3) is 11.4 Å². The first-order valence-electron chi connectivity index (χ1n) is 16.6. The number of carbonyl (C=O) groups is 5. The zero-order valence-electron chi connectivity index (χ0n) is 29.0. The Morgan fingerprint density at radius 1 is 0.898 bits per heavy atom. The molecule has 3 aromatic rings. The van der Waals surface area contributed by atoms with Crippen molar-refractivity contribution in [2.75, 3.05) is 38.6 Å². The Balaban J connectivity index is 1.64. The zero-order valence-corrected chi connectivity index (χ0v) is 29.0. The molecule has 262 valence electrons. The molecule has 0 bridgehead atoms. The van der Waals surface area contributed by atoms with E-state index in [0.29, 0.717) is 30.1 Å². The SMILES string of the molecule is CC(C)C[C@H]1NC(=O)[C@@H](C)NC(=O)CN(C(=O)c2cccc(N(C)C)c2)CCCNC(=O)Cn2nc(-c3ccccc3)nc2[C@H](C)NC1=O. The summed E-state index contributed by atoms with van der Waals surface area (Å²) in [6.07, 6.45) is 0.695. The van der Waals surface area contributed by atoms with Crippen LogP contribution in [0.4, 0.5) is 5.69 Å². The molecule has 0 saturated heterocycles. The molecule has 5 amide bonds. The van der Waals surface area contributed by atoms with Crippen LogP contribution in [-0.2, 0) is 25.7 Å². The first kappa shape index (κ1) is 36.6. The number of amides is 5. The highest BCUT2D eigenvalue weighted by molar-refractivity contribution is 5.98. The molecule has 0 unspecified atom stereocenters. The molecule has 1 aliphatic heterocycles. The van der Waals surface area contributed by atoms with E-state index in [4.69, 9.17) is 0 Å². The maximum absolute atomic E-state index is 13.7. The fraction of sp³-hybridized carbons (Fsp3) is 0.457. The van der Waals surface area contributed by atoms with Gasteiger partial charge in [0.15, 0.2) is 5.82 Å². The van der Waals surface area contributed by atoms with Crippen molar-refractivity contribution in [3.63, 3.8) is 0 Å². The molecule has 1 aliphatic rings. The van der Waals surface area contributed by atoms with Gasteiger partial charge < -0.3 is 31.1 Å². The van der Waals surface area contributed by atoms with Crippen molar-refractivity contribution < 1.29 is 24.0 Å². The predicted molar refractivity (Wildman–Crippen MR) is 185 cm³/mol. The first-order valence-corrected chi connectivity index (χ1v) is 16.6. The van der Waals surface area contributed by atoms with Crippen LogP contribution in [-0.4, -0.2) is 95.0 Å². The van der Waals surface area contributed by atoms with Gasteiger partial charge in [0.25, 0.3) is 5.91 Å². The molecule has 0 spiro atoms. The maximum Gasteiger partial charge on any atom is 0.254 e. The van der Waals surface area contributed by atoms with Crippen LogP contribution in [0.3, 0.4) is 0 Å². The number of fused-ring (bicyclic) bond motifs is 1. The molecule has 0 radical (unpaired) electrons. The van der Waals surface area contributed by atoms with E-state index in [9.17, 15) is 24.0 Å². The highest BCUT2D eigenvalue weighted by Crippen LogP contribution is 2.20. The molecule has 3 atom stereocenters. The molecule has 49 heavy (non-hydrogen) atoms. The Kier molecular flexibility index (Phi) is 12.5. The number of carbonyl (C=O) groups excluding carboxylic acids is 5. The first-order chi connectivity index (χ1) is 23.3. The fourth-order valence-corrected chi connectivity index (χ4v) is 5.45. The normalized spacial score (nSPS) is 20.1. The van der Waals surface area contributed by atoms with Crippen molar-refractivity contribution in [2.24, 2.45) is 5.92 Å². The fourth-order valence-electron chi connectivity index (χ4n) is 5.45. The predicted octanol–water partition coefficient (Wildman–Crippen LogP) is 1.89. The summed E-state index contributed by atoms with van der Waals surface area (Å²) in [5, 5.41) is 15.9. The van der Waals surface area contributed by atoms with Gasteiger partial charge in [-0.2, -0.15) is 5.10 Å². The summed E-state index contributed by atoms with van der Waals surface area (Å²) in [5.41, 5.74) is 1.97. The van der Waals surface area contributed by atoms with Crippen LogP contribution in [0.2, 0.25) is 0 Å². The van der Waals surface area contributed by atoms with Gasteiger partial charge in [0.05, 0.1) is 12.6 Å². The number of hydrogen-bond acceptors (Lipinski definition) is 8. The van der Waals surface area contributed by atoms with Gasteiger partial charge in [-0.1, -0.05) is 50.2 Å². The topological polar surface area (TPSA) is 171 Å². The summed E-state index contributed by atoms with van der Waals surface area (Å²) >= 11 is 0. The van der Waals surface area contributed by atoms with Gasteiger partial charge in [0, 0.05) is 44.0 Å². The molecule has 0 saturated carbocycles. The van der Waals surface area contributed by atoms with Gasteiger partial charge in [0.2, 0.25) is 23.6 Å². The van der Waals surface area contributed by atoms with E-state index in [-0.39, 0.29) is 43.9 Å². The second-order valence-electron chi connectivity index (χ2n) is 12.9. The van der Waals surface area contributed by atoms with Crippen LogP contribution in [0.15, 0.2) is 54.6 Å². The number of anilines is 1.